The quantitative estimate of drug-likeness (QED) is 0.597. The van der Waals surface area contributed by atoms with Crippen molar-refractivity contribution >= 4 is 23.9 Å². The van der Waals surface area contributed by atoms with Crippen LogP contribution in [0.15, 0.2) is 18.2 Å². The number of rotatable bonds is 5. The molecule has 1 aromatic heterocycles. The minimum absolute atomic E-state index is 0.0512. The average molecular weight is 401 g/mol. The SMILES string of the molecule is CCOC(=O)c1cc2c([nH]1)-c1c(C(=O)OC)cc(C(=O)OC)cc1C2C(=O)OC. The fourth-order valence-corrected chi connectivity index (χ4v) is 3.44. The van der Waals surface area contributed by atoms with E-state index in [-0.39, 0.29) is 23.4 Å². The fourth-order valence-electron chi connectivity index (χ4n) is 3.44. The highest BCUT2D eigenvalue weighted by Gasteiger charge is 2.40. The molecule has 29 heavy (non-hydrogen) atoms. The van der Waals surface area contributed by atoms with Crippen LogP contribution in [0.5, 0.6) is 0 Å². The lowest BCUT2D eigenvalue weighted by molar-refractivity contribution is -0.141. The number of hydrogen-bond donors (Lipinski definition) is 1. The molecule has 0 aliphatic heterocycles. The van der Waals surface area contributed by atoms with Gasteiger partial charge in [-0.15, -0.1) is 0 Å². The van der Waals surface area contributed by atoms with E-state index in [2.05, 4.69) is 4.98 Å². The number of esters is 4. The van der Waals surface area contributed by atoms with Crippen LogP contribution in [-0.2, 0) is 23.7 Å². The number of ether oxygens (including phenoxy) is 4. The van der Waals surface area contributed by atoms with Gasteiger partial charge < -0.3 is 23.9 Å². The van der Waals surface area contributed by atoms with Crippen molar-refractivity contribution < 1.29 is 38.1 Å². The van der Waals surface area contributed by atoms with Crippen LogP contribution in [0.1, 0.15) is 55.2 Å². The molecule has 1 heterocycles. The van der Waals surface area contributed by atoms with Crippen LogP contribution in [-0.4, -0.2) is 56.8 Å². The molecule has 9 nitrogen and oxygen atoms in total. The second-order valence-electron chi connectivity index (χ2n) is 6.16. The van der Waals surface area contributed by atoms with Gasteiger partial charge in [0.25, 0.3) is 0 Å². The van der Waals surface area contributed by atoms with E-state index in [0.29, 0.717) is 22.4 Å². The first-order valence-electron chi connectivity index (χ1n) is 8.70. The van der Waals surface area contributed by atoms with Gasteiger partial charge in [-0.1, -0.05) is 0 Å². The van der Waals surface area contributed by atoms with Gasteiger partial charge >= 0.3 is 23.9 Å². The zero-order valence-corrected chi connectivity index (χ0v) is 16.3. The lowest BCUT2D eigenvalue weighted by atomic mass is 9.93. The Balaban J connectivity index is 2.30. The fraction of sp³-hybridized carbons (Fsp3) is 0.300. The van der Waals surface area contributed by atoms with Gasteiger partial charge in [-0.3, -0.25) is 4.79 Å². The van der Waals surface area contributed by atoms with E-state index in [0.717, 1.165) is 0 Å². The topological polar surface area (TPSA) is 121 Å². The van der Waals surface area contributed by atoms with Crippen molar-refractivity contribution in [3.05, 3.63) is 46.1 Å². The van der Waals surface area contributed by atoms with Gasteiger partial charge in [-0.2, -0.15) is 0 Å². The maximum atomic E-state index is 12.6. The van der Waals surface area contributed by atoms with Crippen LogP contribution in [0.3, 0.4) is 0 Å². The van der Waals surface area contributed by atoms with E-state index in [1.807, 2.05) is 0 Å². The van der Waals surface area contributed by atoms with E-state index in [1.54, 1.807) is 6.92 Å². The number of fused-ring (bicyclic) bond motifs is 3. The minimum Gasteiger partial charge on any atom is -0.468 e. The van der Waals surface area contributed by atoms with E-state index in [9.17, 15) is 19.2 Å². The Bertz CT molecular complexity index is 1020. The standard InChI is InChI=1S/C20H19NO8/c1-5-29-19(24)13-8-11-15(20(25)28-4)10-6-9(17(22)26-2)7-12(18(23)27-3)14(10)16(11)21-13/h6-8,15,21H,5H2,1-4H3. The third kappa shape index (κ3) is 3.24. The molecule has 0 radical (unpaired) electrons. The molecule has 2 aromatic rings. The largest absolute Gasteiger partial charge is 0.468 e. The van der Waals surface area contributed by atoms with Crippen LogP contribution >= 0.6 is 0 Å². The summed E-state index contributed by atoms with van der Waals surface area (Å²) in [5.41, 5.74) is 1.80. The van der Waals surface area contributed by atoms with Crippen molar-refractivity contribution in [1.82, 2.24) is 4.98 Å². The lowest BCUT2D eigenvalue weighted by Crippen LogP contribution is -2.15. The number of aromatic nitrogens is 1. The number of aromatic amines is 1. The van der Waals surface area contributed by atoms with Crippen molar-refractivity contribution in [1.29, 1.82) is 0 Å². The van der Waals surface area contributed by atoms with Crippen molar-refractivity contribution in [3.8, 4) is 11.3 Å². The molecule has 0 spiro atoms. The van der Waals surface area contributed by atoms with E-state index >= 15 is 0 Å². The molecule has 0 saturated carbocycles. The molecule has 1 aliphatic carbocycles. The van der Waals surface area contributed by atoms with Gasteiger partial charge in [0, 0.05) is 5.56 Å². The summed E-state index contributed by atoms with van der Waals surface area (Å²) in [6.45, 7) is 1.85. The zero-order valence-electron chi connectivity index (χ0n) is 16.3. The number of hydrogen-bond acceptors (Lipinski definition) is 8. The highest BCUT2D eigenvalue weighted by molar-refractivity contribution is 6.06. The average Bonchev–Trinajstić information content (AvgIpc) is 3.28. The number of benzene rings is 1. The molecule has 1 unspecified atom stereocenters. The number of nitrogens with one attached hydrogen (secondary N) is 1. The first kappa shape index (κ1) is 20.1. The Labute approximate surface area is 165 Å². The number of methoxy groups -OCH3 is 3. The first-order valence-corrected chi connectivity index (χ1v) is 8.70. The summed E-state index contributed by atoms with van der Waals surface area (Å²) in [6, 6.07) is 4.27. The molecule has 0 saturated heterocycles. The molecule has 152 valence electrons. The van der Waals surface area contributed by atoms with Gasteiger partial charge in [-0.05, 0) is 36.2 Å². The Kier molecular flexibility index (Phi) is 5.40. The van der Waals surface area contributed by atoms with Crippen LogP contribution in [0.2, 0.25) is 0 Å². The smallest absolute Gasteiger partial charge is 0.354 e. The predicted octanol–water partition coefficient (Wildman–Crippen LogP) is 2.05. The molecular formula is C20H19NO8. The highest BCUT2D eigenvalue weighted by Crippen LogP contribution is 2.48. The van der Waals surface area contributed by atoms with E-state index in [1.165, 1.54) is 39.5 Å². The molecule has 1 N–H and O–H groups in total. The first-order chi connectivity index (χ1) is 13.9. The normalized spacial score (nSPS) is 13.9. The van der Waals surface area contributed by atoms with Gasteiger partial charge in [0.15, 0.2) is 0 Å². The van der Waals surface area contributed by atoms with Crippen LogP contribution in [0.4, 0.5) is 0 Å². The molecule has 1 aromatic carbocycles. The predicted molar refractivity (Wildman–Crippen MR) is 98.7 cm³/mol. The summed E-state index contributed by atoms with van der Waals surface area (Å²) < 4.78 is 19.5. The molecule has 0 fully saturated rings. The second kappa shape index (κ2) is 7.78. The zero-order chi connectivity index (χ0) is 21.3. The Morgan fingerprint density at radius 1 is 0.897 bits per heavy atom. The number of carbonyl (C=O) groups excluding carboxylic acids is 4. The van der Waals surface area contributed by atoms with Crippen LogP contribution in [0.25, 0.3) is 11.3 Å². The van der Waals surface area contributed by atoms with Crippen LogP contribution in [0, 0.1) is 0 Å². The Hall–Kier alpha value is -3.62. The molecular weight excluding hydrogens is 382 g/mol. The summed E-state index contributed by atoms with van der Waals surface area (Å²) in [4.78, 5) is 52.2. The Morgan fingerprint density at radius 2 is 1.59 bits per heavy atom. The summed E-state index contributed by atoms with van der Waals surface area (Å²) >= 11 is 0. The van der Waals surface area contributed by atoms with E-state index < -0.39 is 29.8 Å². The molecule has 1 atom stereocenters. The van der Waals surface area contributed by atoms with Gasteiger partial charge in [0.1, 0.15) is 11.6 Å². The minimum atomic E-state index is -0.947. The maximum absolute atomic E-state index is 12.6. The maximum Gasteiger partial charge on any atom is 0.354 e. The molecule has 0 bridgehead atoms. The summed E-state index contributed by atoms with van der Waals surface area (Å²) in [5.74, 6) is -3.55. The Morgan fingerprint density at radius 3 is 2.17 bits per heavy atom. The van der Waals surface area contributed by atoms with Gasteiger partial charge in [0.05, 0.1) is 44.8 Å². The lowest BCUT2D eigenvalue weighted by Gasteiger charge is -2.14. The van der Waals surface area contributed by atoms with Gasteiger partial charge in [-0.25, -0.2) is 14.4 Å². The number of carbonyl (C=O) groups is 4. The molecule has 0 amide bonds. The number of H-pyrrole nitrogens is 1. The highest BCUT2D eigenvalue weighted by atomic mass is 16.5. The van der Waals surface area contributed by atoms with Crippen molar-refractivity contribution in [3.63, 3.8) is 0 Å². The van der Waals surface area contributed by atoms with Crippen molar-refractivity contribution in [2.75, 3.05) is 27.9 Å². The molecule has 3 rings (SSSR count). The second-order valence-corrected chi connectivity index (χ2v) is 6.16. The summed E-state index contributed by atoms with van der Waals surface area (Å²) in [5, 5.41) is 0. The van der Waals surface area contributed by atoms with Crippen LogP contribution < -0.4 is 0 Å². The summed E-state index contributed by atoms with van der Waals surface area (Å²) in [7, 11) is 3.63. The van der Waals surface area contributed by atoms with Crippen molar-refractivity contribution in [2.45, 2.75) is 12.8 Å². The van der Waals surface area contributed by atoms with Gasteiger partial charge in [0.2, 0.25) is 0 Å². The molecule has 1 aliphatic rings. The van der Waals surface area contributed by atoms with Crippen molar-refractivity contribution in [2.24, 2.45) is 0 Å². The molecule has 9 heteroatoms. The third-order valence-corrected chi connectivity index (χ3v) is 4.65. The third-order valence-electron chi connectivity index (χ3n) is 4.65. The van der Waals surface area contributed by atoms with E-state index in [4.69, 9.17) is 18.9 Å². The summed E-state index contributed by atoms with van der Waals surface area (Å²) in [6.07, 6.45) is 0. The monoisotopic (exact) mass is 401 g/mol.